The Bertz CT molecular complexity index is 729. The molecule has 6 nitrogen and oxygen atoms in total. The first-order chi connectivity index (χ1) is 12.2. The molecule has 1 aliphatic heterocycles. The summed E-state index contributed by atoms with van der Waals surface area (Å²) in [5, 5.41) is 2.85. The summed E-state index contributed by atoms with van der Waals surface area (Å²) in [5.41, 5.74) is 0.355. The topological polar surface area (TPSA) is 69.7 Å². The second-order valence-electron chi connectivity index (χ2n) is 7.17. The zero-order valence-electron chi connectivity index (χ0n) is 15.7. The fourth-order valence-electron chi connectivity index (χ4n) is 2.92. The fraction of sp³-hybridized carbons (Fsp3) is 0.611. The number of benzene rings is 1. The Balaban J connectivity index is 2.12. The van der Waals surface area contributed by atoms with Gasteiger partial charge in [-0.05, 0) is 64.0 Å². The van der Waals surface area contributed by atoms with Crippen LogP contribution in [0.5, 0.6) is 0 Å². The number of hydrogen-bond donors (Lipinski definition) is 1. The van der Waals surface area contributed by atoms with Crippen LogP contribution in [0.3, 0.4) is 0 Å². The Morgan fingerprint density at radius 1 is 1.27 bits per heavy atom. The second kappa shape index (κ2) is 9.30. The molecule has 26 heavy (non-hydrogen) atoms. The fourth-order valence-corrected chi connectivity index (χ4v) is 5.10. The average Bonchev–Trinajstić information content (AvgIpc) is 2.58. The van der Waals surface area contributed by atoms with Crippen molar-refractivity contribution in [3.63, 3.8) is 0 Å². The molecule has 1 heterocycles. The molecule has 8 heteroatoms. The number of carbonyl (C=O) groups is 1. The summed E-state index contributed by atoms with van der Waals surface area (Å²) in [6.07, 6.45) is 2.57. The minimum absolute atomic E-state index is 0.167. The van der Waals surface area contributed by atoms with Gasteiger partial charge in [0.2, 0.25) is 10.0 Å². The summed E-state index contributed by atoms with van der Waals surface area (Å²) >= 11 is 3.34. The molecule has 1 N–H and O–H groups in total. The largest absolute Gasteiger partial charge is 0.352 e. The van der Waals surface area contributed by atoms with Crippen molar-refractivity contribution >= 4 is 31.9 Å². The van der Waals surface area contributed by atoms with E-state index in [0.29, 0.717) is 35.6 Å². The van der Waals surface area contributed by atoms with E-state index in [1.807, 2.05) is 14.1 Å². The lowest BCUT2D eigenvalue weighted by Gasteiger charge is -2.29. The van der Waals surface area contributed by atoms with Crippen LogP contribution in [0, 0.1) is 5.92 Å². The van der Waals surface area contributed by atoms with Crippen LogP contribution in [0.25, 0.3) is 0 Å². The van der Waals surface area contributed by atoms with E-state index < -0.39 is 10.0 Å². The number of carbonyl (C=O) groups excluding carboxylic acids is 1. The molecule has 0 saturated carbocycles. The van der Waals surface area contributed by atoms with Gasteiger partial charge < -0.3 is 10.2 Å². The summed E-state index contributed by atoms with van der Waals surface area (Å²) in [5.74, 6) is 0.293. The molecule has 0 radical (unpaired) electrons. The number of halogens is 1. The molecule has 146 valence electrons. The first kappa shape index (κ1) is 21.3. The predicted molar refractivity (Wildman–Crippen MR) is 107 cm³/mol. The van der Waals surface area contributed by atoms with E-state index in [1.54, 1.807) is 12.1 Å². The lowest BCUT2D eigenvalue weighted by molar-refractivity contribution is 0.0952. The molecule has 1 aromatic rings. The molecule has 1 fully saturated rings. The van der Waals surface area contributed by atoms with Crippen LogP contribution in [0.4, 0.5) is 0 Å². The van der Waals surface area contributed by atoms with Gasteiger partial charge in [-0.25, -0.2) is 8.42 Å². The number of amides is 1. The lowest BCUT2D eigenvalue weighted by Crippen LogP contribution is -2.38. The van der Waals surface area contributed by atoms with Crippen LogP contribution in [0.1, 0.15) is 36.5 Å². The molecular formula is C18H28BrN3O3S. The van der Waals surface area contributed by atoms with E-state index in [9.17, 15) is 13.2 Å². The van der Waals surface area contributed by atoms with Crippen molar-refractivity contribution < 1.29 is 13.2 Å². The van der Waals surface area contributed by atoms with Crippen molar-refractivity contribution in [1.82, 2.24) is 14.5 Å². The number of nitrogens with one attached hydrogen (secondary N) is 1. The molecule has 0 aliphatic carbocycles. The SMILES string of the molecule is CC1CCN(S(=O)(=O)c2cc(Br)cc(C(=O)NCCCN(C)C)c2)CC1. The van der Waals surface area contributed by atoms with Gasteiger partial charge in [0.05, 0.1) is 4.90 Å². The highest BCUT2D eigenvalue weighted by Crippen LogP contribution is 2.26. The molecule has 1 aliphatic rings. The molecule has 0 unspecified atom stereocenters. The van der Waals surface area contributed by atoms with Gasteiger partial charge in [-0.1, -0.05) is 22.9 Å². The van der Waals surface area contributed by atoms with Crippen LogP contribution >= 0.6 is 15.9 Å². The van der Waals surface area contributed by atoms with Gasteiger partial charge in [0.15, 0.2) is 0 Å². The third-order valence-electron chi connectivity index (χ3n) is 4.58. The van der Waals surface area contributed by atoms with Crippen molar-refractivity contribution in [2.45, 2.75) is 31.1 Å². The summed E-state index contributed by atoms with van der Waals surface area (Å²) in [4.78, 5) is 14.6. The summed E-state index contributed by atoms with van der Waals surface area (Å²) in [6.45, 7) is 4.63. The second-order valence-corrected chi connectivity index (χ2v) is 10.0. The lowest BCUT2D eigenvalue weighted by atomic mass is 10.0. The molecule has 0 aromatic heterocycles. The van der Waals surface area contributed by atoms with Gasteiger partial charge >= 0.3 is 0 Å². The molecule has 1 saturated heterocycles. The first-order valence-electron chi connectivity index (χ1n) is 8.94. The van der Waals surface area contributed by atoms with Crippen molar-refractivity contribution in [1.29, 1.82) is 0 Å². The van der Waals surface area contributed by atoms with Crippen LogP contribution < -0.4 is 5.32 Å². The minimum Gasteiger partial charge on any atom is -0.352 e. The molecule has 2 rings (SSSR count). The van der Waals surface area contributed by atoms with Crippen molar-refractivity contribution in [2.75, 3.05) is 40.3 Å². The van der Waals surface area contributed by atoms with Crippen LogP contribution in [0.2, 0.25) is 0 Å². The molecule has 0 spiro atoms. The molecule has 1 amide bonds. The zero-order chi connectivity index (χ0) is 19.3. The molecule has 1 aromatic carbocycles. The van der Waals surface area contributed by atoms with Crippen LogP contribution in [-0.4, -0.2) is 63.8 Å². The number of rotatable bonds is 7. The van der Waals surface area contributed by atoms with Crippen molar-refractivity contribution in [2.24, 2.45) is 5.92 Å². The highest BCUT2D eigenvalue weighted by Gasteiger charge is 2.29. The van der Waals surface area contributed by atoms with E-state index >= 15 is 0 Å². The monoisotopic (exact) mass is 445 g/mol. The number of piperidine rings is 1. The summed E-state index contributed by atoms with van der Waals surface area (Å²) < 4.78 is 28.0. The maximum Gasteiger partial charge on any atom is 0.251 e. The van der Waals surface area contributed by atoms with Crippen molar-refractivity contribution in [3.8, 4) is 0 Å². The third-order valence-corrected chi connectivity index (χ3v) is 6.92. The Morgan fingerprint density at radius 3 is 2.54 bits per heavy atom. The van der Waals surface area contributed by atoms with E-state index in [-0.39, 0.29) is 10.8 Å². The number of nitrogens with zero attached hydrogens (tertiary/aromatic N) is 2. The van der Waals surface area contributed by atoms with Crippen LogP contribution in [-0.2, 0) is 10.0 Å². The Morgan fingerprint density at radius 2 is 1.92 bits per heavy atom. The third kappa shape index (κ3) is 5.77. The molecular weight excluding hydrogens is 418 g/mol. The highest BCUT2D eigenvalue weighted by atomic mass is 79.9. The predicted octanol–water partition coefficient (Wildman–Crippen LogP) is 2.55. The zero-order valence-corrected chi connectivity index (χ0v) is 18.1. The van der Waals surface area contributed by atoms with E-state index in [0.717, 1.165) is 25.8 Å². The van der Waals surface area contributed by atoms with Gasteiger partial charge in [0.1, 0.15) is 0 Å². The Kier molecular flexibility index (Phi) is 7.63. The summed E-state index contributed by atoms with van der Waals surface area (Å²) in [6, 6.07) is 4.69. The Labute approximate surface area is 165 Å². The van der Waals surface area contributed by atoms with E-state index in [4.69, 9.17) is 0 Å². The number of sulfonamides is 1. The maximum atomic E-state index is 12.9. The quantitative estimate of drug-likeness (QED) is 0.654. The van der Waals surface area contributed by atoms with E-state index in [1.165, 1.54) is 10.4 Å². The number of hydrogen-bond acceptors (Lipinski definition) is 4. The Hall–Kier alpha value is -0.960. The van der Waals surface area contributed by atoms with Gasteiger partial charge in [0, 0.05) is 29.7 Å². The smallest absolute Gasteiger partial charge is 0.251 e. The van der Waals surface area contributed by atoms with Crippen LogP contribution in [0.15, 0.2) is 27.6 Å². The van der Waals surface area contributed by atoms with Gasteiger partial charge in [-0.2, -0.15) is 4.31 Å². The normalized spacial score (nSPS) is 16.8. The van der Waals surface area contributed by atoms with Gasteiger partial charge in [0.25, 0.3) is 5.91 Å². The highest BCUT2D eigenvalue weighted by molar-refractivity contribution is 9.10. The first-order valence-corrected chi connectivity index (χ1v) is 11.2. The average molecular weight is 446 g/mol. The van der Waals surface area contributed by atoms with Gasteiger partial charge in [-0.15, -0.1) is 0 Å². The van der Waals surface area contributed by atoms with Crippen molar-refractivity contribution in [3.05, 3.63) is 28.2 Å². The van der Waals surface area contributed by atoms with Gasteiger partial charge in [-0.3, -0.25) is 4.79 Å². The standard InChI is InChI=1S/C18H28BrN3O3S/c1-14-5-9-22(10-6-14)26(24,25)17-12-15(11-16(19)13-17)18(23)20-7-4-8-21(2)3/h11-14H,4-10H2,1-3H3,(H,20,23). The minimum atomic E-state index is -3.58. The molecule has 0 bridgehead atoms. The molecule has 0 atom stereocenters. The summed E-state index contributed by atoms with van der Waals surface area (Å²) in [7, 11) is 0.378. The maximum absolute atomic E-state index is 12.9. The van der Waals surface area contributed by atoms with E-state index in [2.05, 4.69) is 33.1 Å².